The number of aromatic nitrogens is 1. The molecule has 1 saturated carbocycles. The molecule has 0 bridgehead atoms. The zero-order chi connectivity index (χ0) is 14.7. The molecule has 0 saturated heterocycles. The highest BCUT2D eigenvalue weighted by Gasteiger charge is 2.37. The topological polar surface area (TPSA) is 50.3 Å². The molecule has 0 unspecified atom stereocenters. The van der Waals surface area contributed by atoms with Gasteiger partial charge in [0.1, 0.15) is 0 Å². The average Bonchev–Trinajstić information content (AvgIpc) is 3.31. The average molecular weight is 302 g/mol. The molecule has 0 amide bonds. The van der Waals surface area contributed by atoms with Crippen molar-refractivity contribution < 1.29 is 8.42 Å². The fourth-order valence-corrected chi connectivity index (χ4v) is 4.15. The minimum atomic E-state index is -3.30. The predicted molar refractivity (Wildman–Crippen MR) is 81.9 cm³/mol. The third kappa shape index (κ3) is 3.68. The van der Waals surface area contributed by atoms with Crippen LogP contribution in [0, 0.1) is 0 Å². The van der Waals surface area contributed by atoms with Crippen molar-refractivity contribution in [2.24, 2.45) is 0 Å². The van der Waals surface area contributed by atoms with Crippen molar-refractivity contribution in [2.45, 2.75) is 31.2 Å². The van der Waals surface area contributed by atoms with Crippen LogP contribution in [0.1, 0.15) is 24.0 Å². The van der Waals surface area contributed by atoms with E-state index in [9.17, 15) is 8.42 Å². The van der Waals surface area contributed by atoms with E-state index in [1.165, 1.54) is 0 Å². The van der Waals surface area contributed by atoms with E-state index in [0.717, 1.165) is 24.0 Å². The molecule has 110 valence electrons. The van der Waals surface area contributed by atoms with Gasteiger partial charge in [-0.05, 0) is 30.0 Å². The third-order valence-electron chi connectivity index (χ3n) is 3.56. The number of hydrogen-bond donors (Lipinski definition) is 0. The largest absolute Gasteiger partial charge is 0.264 e. The number of nitrogens with zero attached hydrogens (tertiary/aromatic N) is 2. The van der Waals surface area contributed by atoms with Crippen molar-refractivity contribution in [3.05, 3.63) is 66.0 Å². The SMILES string of the molecule is O=S(=O)(Cc1ccccc1)N(Cc1cccnc1)C1CC1. The maximum atomic E-state index is 12.7. The molecule has 1 aromatic carbocycles. The number of hydrogen-bond acceptors (Lipinski definition) is 3. The van der Waals surface area contributed by atoms with Crippen LogP contribution in [-0.4, -0.2) is 23.7 Å². The molecule has 5 heteroatoms. The summed E-state index contributed by atoms with van der Waals surface area (Å²) in [7, 11) is -3.30. The Balaban J connectivity index is 1.80. The van der Waals surface area contributed by atoms with Crippen LogP contribution in [0.5, 0.6) is 0 Å². The second kappa shape index (κ2) is 5.95. The van der Waals surface area contributed by atoms with Gasteiger partial charge in [0.25, 0.3) is 0 Å². The number of rotatable bonds is 6. The van der Waals surface area contributed by atoms with Crippen molar-refractivity contribution in [1.82, 2.24) is 9.29 Å². The second-order valence-electron chi connectivity index (χ2n) is 5.38. The predicted octanol–water partition coefficient (Wildman–Crippen LogP) is 2.58. The number of pyridine rings is 1. The highest BCUT2D eigenvalue weighted by atomic mass is 32.2. The summed E-state index contributed by atoms with van der Waals surface area (Å²) in [6.07, 6.45) is 5.33. The monoisotopic (exact) mass is 302 g/mol. The van der Waals surface area contributed by atoms with Gasteiger partial charge in [-0.1, -0.05) is 36.4 Å². The van der Waals surface area contributed by atoms with Gasteiger partial charge in [-0.15, -0.1) is 0 Å². The van der Waals surface area contributed by atoms with Crippen molar-refractivity contribution >= 4 is 10.0 Å². The van der Waals surface area contributed by atoms with Crippen molar-refractivity contribution in [3.63, 3.8) is 0 Å². The lowest BCUT2D eigenvalue weighted by atomic mass is 10.2. The van der Waals surface area contributed by atoms with E-state index < -0.39 is 10.0 Å². The van der Waals surface area contributed by atoms with Gasteiger partial charge in [0.15, 0.2) is 0 Å². The van der Waals surface area contributed by atoms with E-state index in [0.29, 0.717) is 6.54 Å². The van der Waals surface area contributed by atoms with E-state index in [1.54, 1.807) is 16.7 Å². The number of sulfonamides is 1. The molecule has 1 aliphatic rings. The lowest BCUT2D eigenvalue weighted by molar-refractivity contribution is 0.397. The lowest BCUT2D eigenvalue weighted by Gasteiger charge is -2.22. The summed E-state index contributed by atoms with van der Waals surface area (Å²) >= 11 is 0. The molecular formula is C16H18N2O2S. The van der Waals surface area contributed by atoms with Gasteiger partial charge in [0.05, 0.1) is 5.75 Å². The van der Waals surface area contributed by atoms with E-state index in [-0.39, 0.29) is 11.8 Å². The molecular weight excluding hydrogens is 284 g/mol. The Morgan fingerprint density at radius 3 is 2.38 bits per heavy atom. The Kier molecular flexibility index (Phi) is 4.03. The number of benzene rings is 1. The van der Waals surface area contributed by atoms with Gasteiger partial charge in [-0.25, -0.2) is 8.42 Å². The van der Waals surface area contributed by atoms with Gasteiger partial charge >= 0.3 is 0 Å². The van der Waals surface area contributed by atoms with Crippen molar-refractivity contribution in [2.75, 3.05) is 0 Å². The molecule has 0 N–H and O–H groups in total. The lowest BCUT2D eigenvalue weighted by Crippen LogP contribution is -2.33. The summed E-state index contributed by atoms with van der Waals surface area (Å²) in [5, 5.41) is 0. The molecule has 1 fully saturated rings. The minimum absolute atomic E-state index is 0.0601. The molecule has 0 atom stereocenters. The first kappa shape index (κ1) is 14.2. The van der Waals surface area contributed by atoms with Crippen LogP contribution in [0.2, 0.25) is 0 Å². The normalized spacial score (nSPS) is 15.3. The molecule has 4 nitrogen and oxygen atoms in total. The first-order valence-electron chi connectivity index (χ1n) is 7.07. The van der Waals surface area contributed by atoms with E-state index >= 15 is 0 Å². The van der Waals surface area contributed by atoms with Crippen LogP contribution >= 0.6 is 0 Å². The molecule has 2 aromatic rings. The molecule has 1 aromatic heterocycles. The zero-order valence-corrected chi connectivity index (χ0v) is 12.5. The Bertz CT molecular complexity index is 683. The molecule has 1 heterocycles. The first-order chi connectivity index (χ1) is 10.1. The summed E-state index contributed by atoms with van der Waals surface area (Å²) in [5.41, 5.74) is 1.76. The quantitative estimate of drug-likeness (QED) is 0.824. The second-order valence-corrected chi connectivity index (χ2v) is 7.30. The highest BCUT2D eigenvalue weighted by Crippen LogP contribution is 2.31. The first-order valence-corrected chi connectivity index (χ1v) is 8.68. The van der Waals surface area contributed by atoms with Gasteiger partial charge in [0.2, 0.25) is 10.0 Å². The smallest absolute Gasteiger partial charge is 0.218 e. The maximum Gasteiger partial charge on any atom is 0.218 e. The van der Waals surface area contributed by atoms with Gasteiger partial charge in [-0.2, -0.15) is 4.31 Å². The summed E-state index contributed by atoms with van der Waals surface area (Å²) in [6, 6.07) is 13.2. The maximum absolute atomic E-state index is 12.7. The van der Waals surface area contributed by atoms with Crippen LogP contribution in [0.15, 0.2) is 54.9 Å². The minimum Gasteiger partial charge on any atom is -0.264 e. The summed E-state index contributed by atoms with van der Waals surface area (Å²) in [4.78, 5) is 4.06. The molecule has 3 rings (SSSR count). The molecule has 0 aliphatic heterocycles. The van der Waals surface area contributed by atoms with Crippen LogP contribution in [0.4, 0.5) is 0 Å². The van der Waals surface area contributed by atoms with Crippen LogP contribution in [-0.2, 0) is 22.3 Å². The highest BCUT2D eigenvalue weighted by molar-refractivity contribution is 7.88. The van der Waals surface area contributed by atoms with E-state index in [2.05, 4.69) is 4.98 Å². The van der Waals surface area contributed by atoms with E-state index in [1.807, 2.05) is 42.5 Å². The van der Waals surface area contributed by atoms with Gasteiger partial charge < -0.3 is 0 Å². The summed E-state index contributed by atoms with van der Waals surface area (Å²) < 4.78 is 27.0. The molecule has 21 heavy (non-hydrogen) atoms. The van der Waals surface area contributed by atoms with Crippen LogP contribution < -0.4 is 0 Å². The molecule has 1 aliphatic carbocycles. The van der Waals surface area contributed by atoms with E-state index in [4.69, 9.17) is 0 Å². The Morgan fingerprint density at radius 1 is 1.05 bits per heavy atom. The zero-order valence-electron chi connectivity index (χ0n) is 11.7. The Morgan fingerprint density at radius 2 is 1.76 bits per heavy atom. The molecule has 0 spiro atoms. The van der Waals surface area contributed by atoms with Gasteiger partial charge in [-0.3, -0.25) is 4.98 Å². The van der Waals surface area contributed by atoms with Crippen LogP contribution in [0.3, 0.4) is 0 Å². The van der Waals surface area contributed by atoms with Crippen molar-refractivity contribution in [3.8, 4) is 0 Å². The Hall–Kier alpha value is -1.72. The van der Waals surface area contributed by atoms with Gasteiger partial charge in [0, 0.05) is 25.0 Å². The van der Waals surface area contributed by atoms with Crippen molar-refractivity contribution in [1.29, 1.82) is 0 Å². The summed E-state index contributed by atoms with van der Waals surface area (Å²) in [6.45, 7) is 0.410. The van der Waals surface area contributed by atoms with Crippen LogP contribution in [0.25, 0.3) is 0 Å². The fourth-order valence-electron chi connectivity index (χ4n) is 2.36. The third-order valence-corrected chi connectivity index (χ3v) is 5.40. The fraction of sp³-hybridized carbons (Fsp3) is 0.312. The Labute approximate surface area is 125 Å². The molecule has 0 radical (unpaired) electrons. The summed E-state index contributed by atoms with van der Waals surface area (Å²) in [5.74, 6) is 0.0601. The standard InChI is InChI=1S/C16H18N2O2S/c19-21(20,13-14-5-2-1-3-6-14)18(16-8-9-16)12-15-7-4-10-17-11-15/h1-7,10-11,16H,8-9,12-13H2.